The number of rotatable bonds is 5. The second kappa shape index (κ2) is 8.20. The summed E-state index contributed by atoms with van der Waals surface area (Å²) in [6, 6.07) is 23.3. The molecule has 0 bridgehead atoms. The quantitative estimate of drug-likeness (QED) is 0.552. The monoisotopic (exact) mass is 430 g/mol. The van der Waals surface area contributed by atoms with Gasteiger partial charge in [-0.3, -0.25) is 14.9 Å². The lowest BCUT2D eigenvalue weighted by Gasteiger charge is -2.32. The number of carbonyl (C=O) groups is 2. The van der Waals surface area contributed by atoms with Gasteiger partial charge in [-0.15, -0.1) is 0 Å². The second-order valence-corrected chi connectivity index (χ2v) is 7.97. The zero-order valence-electron chi connectivity index (χ0n) is 16.4. The minimum atomic E-state index is -0.360. The molecule has 2 amide bonds. The summed E-state index contributed by atoms with van der Waals surface area (Å²) in [6.07, 6.45) is 1.69. The molecule has 0 atom stereocenters. The molecule has 0 aliphatic carbocycles. The predicted octanol–water partition coefficient (Wildman–Crippen LogP) is 5.33. The molecule has 2 aliphatic heterocycles. The van der Waals surface area contributed by atoms with E-state index in [-0.39, 0.29) is 11.1 Å². The van der Waals surface area contributed by atoms with Gasteiger partial charge in [0.05, 0.1) is 22.8 Å². The molecule has 7 heteroatoms. The Morgan fingerprint density at radius 1 is 0.903 bits per heavy atom. The standard InChI is InChI=1S/C24H18N2O4S/c27-23-22(31-24(28)25-23)15-16-9-11-17(12-10-16)29-14-13-26-18-5-1-3-7-20(18)30-21-8-4-2-6-19(21)26/h1-12,15H,13-14H2,(H,25,27,28). The van der Waals surface area contributed by atoms with Gasteiger partial charge in [-0.1, -0.05) is 36.4 Å². The van der Waals surface area contributed by atoms with Gasteiger partial charge in [0.2, 0.25) is 0 Å². The van der Waals surface area contributed by atoms with Gasteiger partial charge in [0, 0.05) is 0 Å². The average molecular weight is 430 g/mol. The number of anilines is 2. The van der Waals surface area contributed by atoms with Crippen molar-refractivity contribution in [1.29, 1.82) is 0 Å². The highest BCUT2D eigenvalue weighted by Gasteiger charge is 2.25. The first-order valence-corrected chi connectivity index (χ1v) is 10.6. The van der Waals surface area contributed by atoms with Crippen LogP contribution in [-0.2, 0) is 4.79 Å². The van der Waals surface area contributed by atoms with E-state index in [2.05, 4.69) is 10.2 Å². The number of benzene rings is 3. The maximum Gasteiger partial charge on any atom is 0.290 e. The van der Waals surface area contributed by atoms with Crippen LogP contribution in [0.5, 0.6) is 17.2 Å². The van der Waals surface area contributed by atoms with Crippen LogP contribution < -0.4 is 19.7 Å². The van der Waals surface area contributed by atoms with E-state index < -0.39 is 0 Å². The Kier molecular flexibility index (Phi) is 5.09. The predicted molar refractivity (Wildman–Crippen MR) is 121 cm³/mol. The summed E-state index contributed by atoms with van der Waals surface area (Å²) in [7, 11) is 0. The third-order valence-corrected chi connectivity index (χ3v) is 5.75. The van der Waals surface area contributed by atoms with Crippen LogP contribution in [0, 0.1) is 0 Å². The van der Waals surface area contributed by atoms with Gasteiger partial charge < -0.3 is 14.4 Å². The fourth-order valence-corrected chi connectivity index (χ4v) is 4.19. The van der Waals surface area contributed by atoms with E-state index in [1.807, 2.05) is 72.8 Å². The molecule has 2 aliphatic rings. The van der Waals surface area contributed by atoms with E-state index >= 15 is 0 Å². The maximum atomic E-state index is 11.7. The molecule has 0 spiro atoms. The number of hydrogen-bond donors (Lipinski definition) is 1. The normalized spacial score (nSPS) is 15.9. The highest BCUT2D eigenvalue weighted by molar-refractivity contribution is 8.18. The fraction of sp³-hybridized carbons (Fsp3) is 0.0833. The van der Waals surface area contributed by atoms with Crippen LogP contribution in [0.15, 0.2) is 77.7 Å². The maximum absolute atomic E-state index is 11.7. The Bertz CT molecular complexity index is 1140. The van der Waals surface area contributed by atoms with Crippen LogP contribution in [0.3, 0.4) is 0 Å². The van der Waals surface area contributed by atoms with Gasteiger partial charge in [-0.2, -0.15) is 0 Å². The summed E-state index contributed by atoms with van der Waals surface area (Å²) in [5.41, 5.74) is 2.85. The fourth-order valence-electron chi connectivity index (χ4n) is 3.51. The highest BCUT2D eigenvalue weighted by atomic mass is 32.2. The Labute approximate surface area is 183 Å². The number of fused-ring (bicyclic) bond motifs is 2. The van der Waals surface area contributed by atoms with Crippen LogP contribution in [0.4, 0.5) is 16.2 Å². The first-order valence-electron chi connectivity index (χ1n) is 9.78. The van der Waals surface area contributed by atoms with Gasteiger partial charge in [0.1, 0.15) is 12.4 Å². The molecule has 0 aromatic heterocycles. The lowest BCUT2D eigenvalue weighted by Crippen LogP contribution is -2.26. The van der Waals surface area contributed by atoms with E-state index in [1.54, 1.807) is 6.08 Å². The summed E-state index contributed by atoms with van der Waals surface area (Å²) in [6.45, 7) is 1.14. The van der Waals surface area contributed by atoms with Gasteiger partial charge >= 0.3 is 0 Å². The smallest absolute Gasteiger partial charge is 0.290 e. The van der Waals surface area contributed by atoms with Crippen molar-refractivity contribution in [2.24, 2.45) is 0 Å². The van der Waals surface area contributed by atoms with Crippen molar-refractivity contribution in [2.75, 3.05) is 18.1 Å². The number of thioether (sulfide) groups is 1. The summed E-state index contributed by atoms with van der Waals surface area (Å²) in [5.74, 6) is 2.02. The molecular formula is C24H18N2O4S. The number of nitrogens with zero attached hydrogens (tertiary/aromatic N) is 1. The first kappa shape index (κ1) is 19.3. The van der Waals surface area contributed by atoms with Crippen molar-refractivity contribution in [2.45, 2.75) is 0 Å². The summed E-state index contributed by atoms with van der Waals surface area (Å²) < 4.78 is 12.0. The number of imide groups is 1. The lowest BCUT2D eigenvalue weighted by atomic mass is 10.1. The zero-order chi connectivity index (χ0) is 21.2. The highest BCUT2D eigenvalue weighted by Crippen LogP contribution is 2.45. The third kappa shape index (κ3) is 4.00. The molecule has 5 rings (SSSR count). The number of carbonyl (C=O) groups excluding carboxylic acids is 2. The SMILES string of the molecule is O=C1NC(=O)C(=Cc2ccc(OCCN3c4ccccc4Oc4ccccc43)cc2)S1. The van der Waals surface area contributed by atoms with Crippen LogP contribution in [0.25, 0.3) is 6.08 Å². The van der Waals surface area contributed by atoms with E-state index in [4.69, 9.17) is 9.47 Å². The Balaban J connectivity index is 1.26. The van der Waals surface area contributed by atoms with E-state index in [1.165, 1.54) is 0 Å². The molecule has 0 unspecified atom stereocenters. The molecule has 1 saturated heterocycles. The lowest BCUT2D eigenvalue weighted by molar-refractivity contribution is -0.115. The Morgan fingerprint density at radius 2 is 1.55 bits per heavy atom. The van der Waals surface area contributed by atoms with Crippen molar-refractivity contribution in [3.63, 3.8) is 0 Å². The van der Waals surface area contributed by atoms with Gasteiger partial charge in [0.15, 0.2) is 11.5 Å². The molecule has 31 heavy (non-hydrogen) atoms. The molecule has 3 aromatic carbocycles. The van der Waals surface area contributed by atoms with E-state index in [0.717, 1.165) is 45.9 Å². The largest absolute Gasteiger partial charge is 0.492 e. The molecule has 2 heterocycles. The number of nitrogens with one attached hydrogen (secondary N) is 1. The van der Waals surface area contributed by atoms with Crippen molar-refractivity contribution >= 4 is 40.4 Å². The molecule has 0 radical (unpaired) electrons. The summed E-state index contributed by atoms with van der Waals surface area (Å²) in [4.78, 5) is 25.5. The van der Waals surface area contributed by atoms with Gasteiger partial charge in [-0.25, -0.2) is 0 Å². The summed E-state index contributed by atoms with van der Waals surface area (Å²) >= 11 is 0.906. The first-order chi connectivity index (χ1) is 15.2. The second-order valence-electron chi connectivity index (χ2n) is 6.96. The van der Waals surface area contributed by atoms with Crippen molar-refractivity contribution in [3.05, 3.63) is 83.3 Å². The number of amides is 2. The minimum Gasteiger partial charge on any atom is -0.492 e. The van der Waals surface area contributed by atoms with E-state index in [9.17, 15) is 9.59 Å². The minimum absolute atomic E-state index is 0.345. The number of ether oxygens (including phenoxy) is 2. The van der Waals surface area contributed by atoms with Crippen molar-refractivity contribution in [3.8, 4) is 17.2 Å². The zero-order valence-corrected chi connectivity index (χ0v) is 17.2. The molecule has 1 N–H and O–H groups in total. The topological polar surface area (TPSA) is 67.9 Å². The van der Waals surface area contributed by atoms with Gasteiger partial charge in [0.25, 0.3) is 11.1 Å². The summed E-state index contributed by atoms with van der Waals surface area (Å²) in [5, 5.41) is 1.91. The van der Waals surface area contributed by atoms with Crippen LogP contribution in [0.1, 0.15) is 5.56 Å². The average Bonchev–Trinajstić information content (AvgIpc) is 3.11. The van der Waals surface area contributed by atoms with Crippen LogP contribution >= 0.6 is 11.8 Å². The van der Waals surface area contributed by atoms with Crippen molar-refractivity contribution < 1.29 is 19.1 Å². The third-order valence-electron chi connectivity index (χ3n) is 4.94. The Hall–Kier alpha value is -3.71. The van der Waals surface area contributed by atoms with Crippen molar-refractivity contribution in [1.82, 2.24) is 5.32 Å². The van der Waals surface area contributed by atoms with Crippen LogP contribution in [0.2, 0.25) is 0 Å². The molecule has 0 saturated carbocycles. The molecule has 154 valence electrons. The number of hydrogen-bond acceptors (Lipinski definition) is 6. The number of para-hydroxylation sites is 4. The van der Waals surface area contributed by atoms with Gasteiger partial charge in [-0.05, 0) is 59.8 Å². The molecular weight excluding hydrogens is 412 g/mol. The van der Waals surface area contributed by atoms with E-state index in [0.29, 0.717) is 18.1 Å². The van der Waals surface area contributed by atoms with Crippen LogP contribution in [-0.4, -0.2) is 24.3 Å². The molecule has 6 nitrogen and oxygen atoms in total. The molecule has 3 aromatic rings. The Morgan fingerprint density at radius 3 is 2.16 bits per heavy atom. The molecule has 1 fully saturated rings.